The second-order valence-corrected chi connectivity index (χ2v) is 3.07. The fourth-order valence-electron chi connectivity index (χ4n) is 1.72. The zero-order valence-electron chi connectivity index (χ0n) is 6.43. The molecule has 0 N–H and O–H groups in total. The van der Waals surface area contributed by atoms with Gasteiger partial charge in [0.2, 0.25) is 0 Å². The van der Waals surface area contributed by atoms with Crippen LogP contribution < -0.4 is 0 Å². The number of rotatable bonds is 0. The molecule has 0 aromatic heterocycles. The summed E-state index contributed by atoms with van der Waals surface area (Å²) in [7, 11) is 0. The molecule has 4 nitrogen and oxygen atoms in total. The molecular formula is C8H8N2O2. The number of nitriles is 2. The highest BCUT2D eigenvalue weighted by Gasteiger charge is 2.47. The molecule has 0 bridgehead atoms. The summed E-state index contributed by atoms with van der Waals surface area (Å²) in [6.07, 6.45) is -0.334. The van der Waals surface area contributed by atoms with Crippen molar-refractivity contribution in [3.8, 4) is 12.1 Å². The van der Waals surface area contributed by atoms with Crippen LogP contribution in [0.15, 0.2) is 0 Å². The molecule has 2 aliphatic rings. The Bertz CT molecular complexity index is 237. The highest BCUT2D eigenvalue weighted by Crippen LogP contribution is 2.33. The third kappa shape index (κ3) is 0.896. The first-order chi connectivity index (χ1) is 5.86. The summed E-state index contributed by atoms with van der Waals surface area (Å²) in [5.74, 6) is -0.373. The fraction of sp³-hybridized carbons (Fsp3) is 0.750. The lowest BCUT2D eigenvalue weighted by atomic mass is 9.98. The minimum Gasteiger partial charge on any atom is -0.373 e. The Morgan fingerprint density at radius 2 is 1.33 bits per heavy atom. The van der Waals surface area contributed by atoms with Crippen molar-refractivity contribution in [2.45, 2.75) is 12.2 Å². The molecule has 0 aromatic rings. The average Bonchev–Trinajstić information content (AvgIpc) is 2.62. The number of fused-ring (bicyclic) bond motifs is 1. The Balaban J connectivity index is 2.13. The Hall–Kier alpha value is -1.10. The molecule has 2 heterocycles. The summed E-state index contributed by atoms with van der Waals surface area (Å²) in [4.78, 5) is 0. The maximum absolute atomic E-state index is 8.68. The second-order valence-electron chi connectivity index (χ2n) is 3.07. The first-order valence-electron chi connectivity index (χ1n) is 3.89. The molecule has 0 radical (unpaired) electrons. The molecule has 2 saturated heterocycles. The lowest BCUT2D eigenvalue weighted by Crippen LogP contribution is -2.24. The van der Waals surface area contributed by atoms with Gasteiger partial charge in [0.1, 0.15) is 12.2 Å². The highest BCUT2D eigenvalue weighted by atomic mass is 16.6. The van der Waals surface area contributed by atoms with E-state index in [1.54, 1.807) is 0 Å². The van der Waals surface area contributed by atoms with E-state index in [2.05, 4.69) is 12.1 Å². The molecule has 4 atom stereocenters. The van der Waals surface area contributed by atoms with Gasteiger partial charge in [-0.05, 0) is 0 Å². The van der Waals surface area contributed by atoms with E-state index in [1.165, 1.54) is 0 Å². The van der Waals surface area contributed by atoms with Crippen LogP contribution in [-0.2, 0) is 9.47 Å². The van der Waals surface area contributed by atoms with Crippen LogP contribution in [0.3, 0.4) is 0 Å². The molecule has 0 saturated carbocycles. The van der Waals surface area contributed by atoms with Gasteiger partial charge in [-0.2, -0.15) is 10.5 Å². The van der Waals surface area contributed by atoms with Crippen molar-refractivity contribution in [1.82, 2.24) is 0 Å². The van der Waals surface area contributed by atoms with E-state index >= 15 is 0 Å². The van der Waals surface area contributed by atoms with Gasteiger partial charge in [-0.3, -0.25) is 0 Å². The zero-order valence-corrected chi connectivity index (χ0v) is 6.43. The largest absolute Gasteiger partial charge is 0.373 e. The first-order valence-corrected chi connectivity index (χ1v) is 3.89. The van der Waals surface area contributed by atoms with Crippen LogP contribution in [-0.4, -0.2) is 25.4 Å². The smallest absolute Gasteiger partial charge is 0.103 e. The Kier molecular flexibility index (Phi) is 1.73. The first kappa shape index (κ1) is 7.54. The van der Waals surface area contributed by atoms with Gasteiger partial charge in [0.15, 0.2) is 0 Å². The number of ether oxygens (including phenoxy) is 2. The minimum atomic E-state index is -0.187. The van der Waals surface area contributed by atoms with Crippen LogP contribution in [0.25, 0.3) is 0 Å². The lowest BCUT2D eigenvalue weighted by molar-refractivity contribution is 0.0664. The van der Waals surface area contributed by atoms with Gasteiger partial charge in [-0.1, -0.05) is 0 Å². The summed E-state index contributed by atoms with van der Waals surface area (Å²) in [6, 6.07) is 4.24. The molecule has 4 heteroatoms. The van der Waals surface area contributed by atoms with Gasteiger partial charge in [0, 0.05) is 0 Å². The van der Waals surface area contributed by atoms with Crippen LogP contribution in [0, 0.1) is 34.5 Å². The van der Waals surface area contributed by atoms with E-state index in [9.17, 15) is 0 Å². The quantitative estimate of drug-likeness (QED) is 0.508. The van der Waals surface area contributed by atoms with Crippen LogP contribution in [0.1, 0.15) is 0 Å². The van der Waals surface area contributed by atoms with Gasteiger partial charge >= 0.3 is 0 Å². The SMILES string of the molecule is N#C[C@H]1CO[C@@H]2[C@H]1OC[C@@H]2C#N. The number of hydrogen-bond donors (Lipinski definition) is 0. The van der Waals surface area contributed by atoms with Gasteiger partial charge < -0.3 is 9.47 Å². The maximum Gasteiger partial charge on any atom is 0.103 e. The van der Waals surface area contributed by atoms with E-state index < -0.39 is 0 Å². The van der Waals surface area contributed by atoms with Crippen molar-refractivity contribution in [2.75, 3.05) is 13.2 Å². The van der Waals surface area contributed by atoms with Gasteiger partial charge in [-0.15, -0.1) is 0 Å². The number of nitrogens with zero attached hydrogens (tertiary/aromatic N) is 2. The molecule has 12 heavy (non-hydrogen) atoms. The Labute approximate surface area is 70.3 Å². The molecule has 0 aromatic carbocycles. The van der Waals surface area contributed by atoms with Crippen molar-refractivity contribution >= 4 is 0 Å². The second kappa shape index (κ2) is 2.75. The fourth-order valence-corrected chi connectivity index (χ4v) is 1.72. The summed E-state index contributed by atoms with van der Waals surface area (Å²) in [5, 5.41) is 17.4. The standard InChI is InChI=1S/C8H8N2O2/c9-1-5-3-11-8-6(2-10)4-12-7(5)8/h5-8H,3-4H2/t5-,6-,7-,8-/m0/s1. The van der Waals surface area contributed by atoms with E-state index in [-0.39, 0.29) is 24.0 Å². The van der Waals surface area contributed by atoms with Gasteiger partial charge in [0.25, 0.3) is 0 Å². The topological polar surface area (TPSA) is 66.0 Å². The minimum absolute atomic E-state index is 0.167. The molecular weight excluding hydrogens is 156 g/mol. The van der Waals surface area contributed by atoms with Gasteiger partial charge in [-0.25, -0.2) is 0 Å². The monoisotopic (exact) mass is 164 g/mol. The summed E-state index contributed by atoms with van der Waals surface area (Å²) in [5.41, 5.74) is 0. The van der Waals surface area contributed by atoms with Crippen molar-refractivity contribution in [3.05, 3.63) is 0 Å². The van der Waals surface area contributed by atoms with Crippen LogP contribution >= 0.6 is 0 Å². The predicted octanol–water partition coefficient (Wildman–Crippen LogP) is 0.0636. The molecule has 62 valence electrons. The Morgan fingerprint density at radius 3 is 1.67 bits per heavy atom. The average molecular weight is 164 g/mol. The molecule has 0 amide bonds. The molecule has 2 aliphatic heterocycles. The highest BCUT2D eigenvalue weighted by molar-refractivity contribution is 5.07. The summed E-state index contributed by atoms with van der Waals surface area (Å²) >= 11 is 0. The van der Waals surface area contributed by atoms with Crippen molar-refractivity contribution in [3.63, 3.8) is 0 Å². The lowest BCUT2D eigenvalue weighted by Gasteiger charge is -2.08. The zero-order chi connectivity index (χ0) is 8.55. The van der Waals surface area contributed by atoms with E-state index in [0.29, 0.717) is 13.2 Å². The van der Waals surface area contributed by atoms with E-state index in [1.807, 2.05) is 0 Å². The van der Waals surface area contributed by atoms with E-state index in [4.69, 9.17) is 20.0 Å². The van der Waals surface area contributed by atoms with Crippen molar-refractivity contribution < 1.29 is 9.47 Å². The van der Waals surface area contributed by atoms with Crippen LogP contribution in [0.2, 0.25) is 0 Å². The predicted molar refractivity (Wildman–Crippen MR) is 37.7 cm³/mol. The molecule has 0 spiro atoms. The van der Waals surface area contributed by atoms with Crippen LogP contribution in [0.5, 0.6) is 0 Å². The van der Waals surface area contributed by atoms with Crippen molar-refractivity contribution in [1.29, 1.82) is 10.5 Å². The summed E-state index contributed by atoms with van der Waals surface area (Å²) in [6.45, 7) is 0.814. The summed E-state index contributed by atoms with van der Waals surface area (Å²) < 4.78 is 10.6. The van der Waals surface area contributed by atoms with Crippen LogP contribution in [0.4, 0.5) is 0 Å². The third-order valence-electron chi connectivity index (χ3n) is 2.39. The molecule has 2 rings (SSSR count). The number of hydrogen-bond acceptors (Lipinski definition) is 4. The van der Waals surface area contributed by atoms with Crippen molar-refractivity contribution in [2.24, 2.45) is 11.8 Å². The van der Waals surface area contributed by atoms with E-state index in [0.717, 1.165) is 0 Å². The molecule has 0 unspecified atom stereocenters. The Morgan fingerprint density at radius 1 is 0.917 bits per heavy atom. The van der Waals surface area contributed by atoms with Gasteiger partial charge in [0.05, 0.1) is 37.2 Å². The normalized spacial score (nSPS) is 44.8. The maximum atomic E-state index is 8.68. The molecule has 0 aliphatic carbocycles. The third-order valence-corrected chi connectivity index (χ3v) is 2.39. The molecule has 2 fully saturated rings.